The minimum Gasteiger partial charge on any atom is -0.479 e. The summed E-state index contributed by atoms with van der Waals surface area (Å²) in [6, 6.07) is 8.09. The Morgan fingerprint density at radius 3 is 1.93 bits per heavy atom. The number of aliphatic hydroxyl groups is 1. The summed E-state index contributed by atoms with van der Waals surface area (Å²) in [4.78, 5) is 21.3. The first-order valence-electron chi connectivity index (χ1n) is 4.20. The van der Waals surface area contributed by atoms with E-state index in [1.54, 1.807) is 30.3 Å². The number of carboxylic acids is 2. The van der Waals surface area contributed by atoms with Crippen molar-refractivity contribution in [3.8, 4) is 0 Å². The van der Waals surface area contributed by atoms with E-state index in [1.807, 2.05) is 0 Å². The topological polar surface area (TPSA) is 94.8 Å². The first-order chi connectivity index (χ1) is 6.97. The molecule has 0 saturated heterocycles. The minimum absolute atomic E-state index is 0.449. The van der Waals surface area contributed by atoms with E-state index >= 15 is 0 Å². The highest BCUT2D eigenvalue weighted by atomic mass is 16.4. The Kier molecular flexibility index (Phi) is 3.06. The van der Waals surface area contributed by atoms with E-state index in [0.717, 1.165) is 0 Å². The molecule has 0 unspecified atom stereocenters. The average Bonchev–Trinajstić information content (AvgIpc) is 2.18. The molecule has 0 radical (unpaired) electrons. The van der Waals surface area contributed by atoms with Crippen LogP contribution in [0.1, 0.15) is 5.56 Å². The van der Waals surface area contributed by atoms with Gasteiger partial charge in [0.2, 0.25) is 0 Å². The smallest absolute Gasteiger partial charge is 0.347 e. The molecule has 1 aromatic carbocycles. The van der Waals surface area contributed by atoms with Gasteiger partial charge in [-0.25, -0.2) is 9.59 Å². The van der Waals surface area contributed by atoms with Crippen LogP contribution in [0.25, 0.3) is 0 Å². The summed E-state index contributed by atoms with van der Waals surface area (Å²) in [6.07, 6.45) is -0.460. The third-order valence-electron chi connectivity index (χ3n) is 2.01. The average molecular weight is 210 g/mol. The van der Waals surface area contributed by atoms with E-state index in [1.165, 1.54) is 0 Å². The summed E-state index contributed by atoms with van der Waals surface area (Å²) < 4.78 is 0. The predicted octanol–water partition coefficient (Wildman–Crippen LogP) is 0.129. The van der Waals surface area contributed by atoms with Crippen LogP contribution in [0.3, 0.4) is 0 Å². The monoisotopic (exact) mass is 210 g/mol. The van der Waals surface area contributed by atoms with Gasteiger partial charge in [0.05, 0.1) is 0 Å². The van der Waals surface area contributed by atoms with Crippen molar-refractivity contribution in [2.24, 2.45) is 0 Å². The van der Waals surface area contributed by atoms with Crippen LogP contribution in [0.5, 0.6) is 0 Å². The van der Waals surface area contributed by atoms with Gasteiger partial charge < -0.3 is 15.3 Å². The summed E-state index contributed by atoms with van der Waals surface area (Å²) in [7, 11) is 0. The van der Waals surface area contributed by atoms with Crippen molar-refractivity contribution in [3.63, 3.8) is 0 Å². The maximum Gasteiger partial charge on any atom is 0.347 e. The standard InChI is InChI=1S/C10H10O5/c11-8(12)10(15,9(13)14)6-7-4-2-1-3-5-7/h1-5,15H,6H2,(H,11,12)(H,13,14). The third kappa shape index (κ3) is 2.32. The zero-order valence-corrected chi connectivity index (χ0v) is 7.75. The highest BCUT2D eigenvalue weighted by Crippen LogP contribution is 2.14. The van der Waals surface area contributed by atoms with Gasteiger partial charge in [-0.2, -0.15) is 0 Å². The van der Waals surface area contributed by atoms with Crippen LogP contribution >= 0.6 is 0 Å². The molecule has 0 aliphatic rings. The molecule has 0 saturated carbocycles. The summed E-state index contributed by atoms with van der Waals surface area (Å²) in [5.41, 5.74) is -2.31. The zero-order chi connectivity index (χ0) is 11.5. The lowest BCUT2D eigenvalue weighted by molar-refractivity contribution is -0.175. The molecule has 5 heteroatoms. The predicted molar refractivity (Wildman–Crippen MR) is 50.4 cm³/mol. The molecule has 1 rings (SSSR count). The molecule has 0 heterocycles. The highest BCUT2D eigenvalue weighted by Gasteiger charge is 2.44. The van der Waals surface area contributed by atoms with E-state index in [4.69, 9.17) is 10.2 Å². The lowest BCUT2D eigenvalue weighted by Crippen LogP contribution is -2.48. The van der Waals surface area contributed by atoms with Crippen LogP contribution < -0.4 is 0 Å². The molecule has 3 N–H and O–H groups in total. The number of aliphatic carboxylic acids is 2. The third-order valence-corrected chi connectivity index (χ3v) is 2.01. The van der Waals surface area contributed by atoms with Gasteiger partial charge in [0.15, 0.2) is 0 Å². The van der Waals surface area contributed by atoms with Gasteiger partial charge >= 0.3 is 11.9 Å². The fraction of sp³-hybridized carbons (Fsp3) is 0.200. The minimum atomic E-state index is -2.76. The van der Waals surface area contributed by atoms with Crippen LogP contribution in [-0.2, 0) is 16.0 Å². The number of carbonyl (C=O) groups is 2. The van der Waals surface area contributed by atoms with Crippen LogP contribution in [-0.4, -0.2) is 32.9 Å². The van der Waals surface area contributed by atoms with Crippen molar-refractivity contribution in [3.05, 3.63) is 35.9 Å². The fourth-order valence-corrected chi connectivity index (χ4v) is 1.13. The van der Waals surface area contributed by atoms with Crippen molar-refractivity contribution in [1.82, 2.24) is 0 Å². The maximum atomic E-state index is 10.6. The molecule has 0 amide bonds. The Hall–Kier alpha value is -1.88. The van der Waals surface area contributed by atoms with Crippen molar-refractivity contribution in [2.75, 3.05) is 0 Å². The Bertz CT molecular complexity index is 357. The fourth-order valence-electron chi connectivity index (χ4n) is 1.13. The molecule has 0 bridgehead atoms. The Balaban J connectivity index is 2.95. The molecule has 5 nitrogen and oxygen atoms in total. The summed E-state index contributed by atoms with van der Waals surface area (Å²) in [6.45, 7) is 0. The number of carboxylic acid groups (broad SMARTS) is 2. The molecule has 0 aromatic heterocycles. The van der Waals surface area contributed by atoms with E-state index in [-0.39, 0.29) is 0 Å². The molecule has 80 valence electrons. The molecular formula is C10H10O5. The number of rotatable bonds is 4. The maximum absolute atomic E-state index is 10.6. The number of hydrogen-bond donors (Lipinski definition) is 3. The first kappa shape index (κ1) is 11.2. The lowest BCUT2D eigenvalue weighted by Gasteiger charge is -2.17. The molecule has 0 fully saturated rings. The van der Waals surface area contributed by atoms with Crippen molar-refractivity contribution >= 4 is 11.9 Å². The second-order valence-corrected chi connectivity index (χ2v) is 3.13. The van der Waals surface area contributed by atoms with E-state index in [9.17, 15) is 14.7 Å². The van der Waals surface area contributed by atoms with Crippen molar-refractivity contribution < 1.29 is 24.9 Å². The van der Waals surface area contributed by atoms with Crippen LogP contribution in [0.4, 0.5) is 0 Å². The Morgan fingerprint density at radius 1 is 1.07 bits per heavy atom. The molecule has 0 spiro atoms. The largest absolute Gasteiger partial charge is 0.479 e. The van der Waals surface area contributed by atoms with E-state index < -0.39 is 24.0 Å². The molecule has 0 aliphatic heterocycles. The van der Waals surface area contributed by atoms with E-state index in [0.29, 0.717) is 5.56 Å². The van der Waals surface area contributed by atoms with Gasteiger partial charge in [-0.1, -0.05) is 30.3 Å². The van der Waals surface area contributed by atoms with Gasteiger partial charge in [-0.3, -0.25) is 0 Å². The molecular weight excluding hydrogens is 200 g/mol. The normalized spacial score (nSPS) is 11.0. The van der Waals surface area contributed by atoms with Crippen molar-refractivity contribution in [1.29, 1.82) is 0 Å². The van der Waals surface area contributed by atoms with Gasteiger partial charge in [-0.15, -0.1) is 0 Å². The van der Waals surface area contributed by atoms with Gasteiger partial charge in [0.25, 0.3) is 5.60 Å². The second-order valence-electron chi connectivity index (χ2n) is 3.13. The quantitative estimate of drug-likeness (QED) is 0.614. The summed E-state index contributed by atoms with van der Waals surface area (Å²) in [5.74, 6) is -3.53. The molecule has 1 aromatic rings. The highest BCUT2D eigenvalue weighted by molar-refractivity contribution is 6.01. The Morgan fingerprint density at radius 2 is 1.53 bits per heavy atom. The molecule has 0 aliphatic carbocycles. The number of hydrogen-bond acceptors (Lipinski definition) is 3. The lowest BCUT2D eigenvalue weighted by atomic mass is 9.95. The summed E-state index contributed by atoms with van der Waals surface area (Å²) >= 11 is 0. The SMILES string of the molecule is O=C(O)C(O)(Cc1ccccc1)C(=O)O. The zero-order valence-electron chi connectivity index (χ0n) is 7.75. The van der Waals surface area contributed by atoms with Gasteiger partial charge in [0.1, 0.15) is 0 Å². The van der Waals surface area contributed by atoms with E-state index in [2.05, 4.69) is 0 Å². The van der Waals surface area contributed by atoms with Crippen LogP contribution in [0.2, 0.25) is 0 Å². The Labute approximate surface area is 85.6 Å². The van der Waals surface area contributed by atoms with Gasteiger partial charge in [-0.05, 0) is 5.56 Å². The second kappa shape index (κ2) is 4.10. The first-order valence-corrected chi connectivity index (χ1v) is 4.20. The van der Waals surface area contributed by atoms with Gasteiger partial charge in [0, 0.05) is 6.42 Å². The summed E-state index contributed by atoms with van der Waals surface area (Å²) in [5, 5.41) is 26.7. The van der Waals surface area contributed by atoms with Crippen molar-refractivity contribution in [2.45, 2.75) is 12.0 Å². The molecule has 0 atom stereocenters. The van der Waals surface area contributed by atoms with Crippen LogP contribution in [0.15, 0.2) is 30.3 Å². The molecule has 15 heavy (non-hydrogen) atoms. The number of benzene rings is 1. The van der Waals surface area contributed by atoms with Crippen LogP contribution in [0, 0.1) is 0 Å².